The number of aromatic carboxylic acids is 1. The molecule has 0 radical (unpaired) electrons. The predicted octanol–water partition coefficient (Wildman–Crippen LogP) is 8.02. The van der Waals surface area contributed by atoms with E-state index < -0.39 is 12.3 Å². The van der Waals surface area contributed by atoms with E-state index in [0.29, 0.717) is 53.1 Å². The molecular formula is C29H35F3N2O4. The van der Waals surface area contributed by atoms with Crippen LogP contribution in [0, 0.1) is 23.7 Å². The van der Waals surface area contributed by atoms with Gasteiger partial charge in [-0.05, 0) is 90.8 Å². The Hall–Kier alpha value is -3.23. The van der Waals surface area contributed by atoms with Gasteiger partial charge in [0.05, 0.1) is 12.8 Å². The lowest BCUT2D eigenvalue weighted by molar-refractivity contribution is -0.274. The molecule has 1 heterocycles. The molecule has 2 aromatic rings. The average molecular weight is 533 g/mol. The molecule has 206 valence electrons. The molecule has 1 aliphatic heterocycles. The molecule has 0 aromatic heterocycles. The molecule has 1 unspecified atom stereocenters. The van der Waals surface area contributed by atoms with Gasteiger partial charge in [0.25, 0.3) is 0 Å². The molecule has 1 saturated carbocycles. The van der Waals surface area contributed by atoms with Crippen LogP contribution in [0.5, 0.6) is 11.5 Å². The Bertz CT molecular complexity index is 1180. The first-order chi connectivity index (χ1) is 17.9. The lowest BCUT2D eigenvalue weighted by Gasteiger charge is -2.42. The van der Waals surface area contributed by atoms with Gasteiger partial charge in [0.1, 0.15) is 22.9 Å². The fourth-order valence-electron chi connectivity index (χ4n) is 6.14. The number of methoxy groups -OCH3 is 1. The summed E-state index contributed by atoms with van der Waals surface area (Å²) in [7, 11) is 1.47. The van der Waals surface area contributed by atoms with Crippen molar-refractivity contribution in [2.45, 2.75) is 65.2 Å². The van der Waals surface area contributed by atoms with Crippen molar-refractivity contribution < 1.29 is 32.5 Å². The number of ether oxygens (including phenoxy) is 2. The number of benzene rings is 2. The van der Waals surface area contributed by atoms with Crippen molar-refractivity contribution in [1.82, 2.24) is 0 Å². The predicted molar refractivity (Wildman–Crippen MR) is 141 cm³/mol. The fourth-order valence-corrected chi connectivity index (χ4v) is 6.14. The molecule has 2 aromatic carbocycles. The molecule has 1 fully saturated rings. The number of carbonyl (C=O) groups is 1. The van der Waals surface area contributed by atoms with Gasteiger partial charge in [-0.25, -0.2) is 9.79 Å². The third kappa shape index (κ3) is 6.42. The lowest BCUT2D eigenvalue weighted by Crippen LogP contribution is -2.32. The minimum absolute atomic E-state index is 0.0427. The highest BCUT2D eigenvalue weighted by Crippen LogP contribution is 2.50. The number of halogens is 3. The number of hydrogen-bond acceptors (Lipinski definition) is 5. The zero-order valence-corrected chi connectivity index (χ0v) is 22.1. The van der Waals surface area contributed by atoms with Crippen LogP contribution in [0.2, 0.25) is 0 Å². The summed E-state index contributed by atoms with van der Waals surface area (Å²) in [4.78, 5) is 16.8. The van der Waals surface area contributed by atoms with Crippen molar-refractivity contribution in [2.75, 3.05) is 12.4 Å². The quantitative estimate of drug-likeness (QED) is 0.394. The zero-order valence-electron chi connectivity index (χ0n) is 22.1. The monoisotopic (exact) mass is 532 g/mol. The van der Waals surface area contributed by atoms with Gasteiger partial charge < -0.3 is 19.9 Å². The molecule has 0 spiro atoms. The summed E-state index contributed by atoms with van der Waals surface area (Å²) >= 11 is 0. The molecule has 2 aliphatic rings. The Morgan fingerprint density at radius 3 is 2.45 bits per heavy atom. The Balaban J connectivity index is 1.70. The molecule has 0 saturated heterocycles. The standard InChI is InChI=1S/C29H35F3N2O4/c1-16(2)20-10-5-17(3)13-22(20)21-11-12-27(33-18-6-8-19(9-7-18)38-29(30,31)32)34-25-14-24(28(35)36)26(37-4)15-23(21)25/h6-9,14-17,20-22H,5,10-13H2,1-4H3,(H,33,34)(H,35,36)/t17-,20+,21-,22?/m1/s1. The summed E-state index contributed by atoms with van der Waals surface area (Å²) in [6.07, 6.45) is 0.131. The Kier molecular flexibility index (Phi) is 8.23. The van der Waals surface area contributed by atoms with Gasteiger partial charge in [-0.1, -0.05) is 27.2 Å². The van der Waals surface area contributed by atoms with Gasteiger partial charge in [0.15, 0.2) is 0 Å². The van der Waals surface area contributed by atoms with Crippen LogP contribution in [0.1, 0.15) is 74.7 Å². The van der Waals surface area contributed by atoms with Gasteiger partial charge in [0.2, 0.25) is 0 Å². The van der Waals surface area contributed by atoms with Crippen LogP contribution in [-0.2, 0) is 0 Å². The molecule has 38 heavy (non-hydrogen) atoms. The first-order valence-corrected chi connectivity index (χ1v) is 13.1. The van der Waals surface area contributed by atoms with Gasteiger partial charge in [0, 0.05) is 12.1 Å². The van der Waals surface area contributed by atoms with Crippen LogP contribution in [0.3, 0.4) is 0 Å². The minimum atomic E-state index is -4.76. The van der Waals surface area contributed by atoms with E-state index in [9.17, 15) is 23.1 Å². The molecule has 0 bridgehead atoms. The number of nitrogens with zero attached hydrogens (tertiary/aromatic N) is 1. The highest BCUT2D eigenvalue weighted by atomic mass is 19.4. The maximum absolute atomic E-state index is 12.5. The van der Waals surface area contributed by atoms with Crippen molar-refractivity contribution in [3.05, 3.63) is 47.5 Å². The van der Waals surface area contributed by atoms with Crippen molar-refractivity contribution in [2.24, 2.45) is 28.7 Å². The smallest absolute Gasteiger partial charge is 0.496 e. The van der Waals surface area contributed by atoms with Crippen molar-refractivity contribution >= 4 is 23.2 Å². The maximum Gasteiger partial charge on any atom is 0.573 e. The first-order valence-electron chi connectivity index (χ1n) is 13.1. The highest BCUT2D eigenvalue weighted by molar-refractivity contribution is 5.99. The lowest BCUT2D eigenvalue weighted by atomic mass is 9.63. The molecule has 1 aliphatic carbocycles. The van der Waals surface area contributed by atoms with Crippen LogP contribution < -0.4 is 14.8 Å². The molecule has 9 heteroatoms. The van der Waals surface area contributed by atoms with Gasteiger partial charge in [-0.3, -0.25) is 0 Å². The van der Waals surface area contributed by atoms with E-state index in [2.05, 4.69) is 30.8 Å². The number of alkyl halides is 3. The van der Waals surface area contributed by atoms with Crippen LogP contribution in [-0.4, -0.2) is 30.4 Å². The van der Waals surface area contributed by atoms with Crippen LogP contribution in [0.4, 0.5) is 24.5 Å². The molecule has 0 amide bonds. The number of hydrogen-bond donors (Lipinski definition) is 2. The van der Waals surface area contributed by atoms with E-state index in [1.54, 1.807) is 6.07 Å². The number of amidine groups is 1. The van der Waals surface area contributed by atoms with Crippen LogP contribution in [0.25, 0.3) is 0 Å². The molecular weight excluding hydrogens is 497 g/mol. The number of anilines is 1. The topological polar surface area (TPSA) is 80.2 Å². The van der Waals surface area contributed by atoms with Crippen LogP contribution in [0.15, 0.2) is 41.4 Å². The van der Waals surface area contributed by atoms with E-state index in [1.807, 2.05) is 6.07 Å². The second-order valence-electron chi connectivity index (χ2n) is 10.8. The van der Waals surface area contributed by atoms with E-state index in [4.69, 9.17) is 9.73 Å². The summed E-state index contributed by atoms with van der Waals surface area (Å²) in [6.45, 7) is 6.84. The Morgan fingerprint density at radius 2 is 1.84 bits per heavy atom. The van der Waals surface area contributed by atoms with Gasteiger partial charge in [-0.15, -0.1) is 13.2 Å². The number of fused-ring (bicyclic) bond motifs is 1. The zero-order chi connectivity index (χ0) is 27.6. The van der Waals surface area contributed by atoms with Crippen molar-refractivity contribution in [3.8, 4) is 11.5 Å². The number of aliphatic imine (C=N–C) groups is 1. The van der Waals surface area contributed by atoms with E-state index in [1.165, 1.54) is 37.8 Å². The molecule has 4 rings (SSSR count). The summed E-state index contributed by atoms with van der Waals surface area (Å²) < 4.78 is 47.0. The summed E-state index contributed by atoms with van der Waals surface area (Å²) in [6, 6.07) is 8.91. The van der Waals surface area contributed by atoms with E-state index in [0.717, 1.165) is 24.8 Å². The summed E-state index contributed by atoms with van der Waals surface area (Å²) in [5, 5.41) is 13.0. The van der Waals surface area contributed by atoms with E-state index >= 15 is 0 Å². The van der Waals surface area contributed by atoms with Gasteiger partial charge in [-0.2, -0.15) is 0 Å². The van der Waals surface area contributed by atoms with Crippen molar-refractivity contribution in [1.29, 1.82) is 0 Å². The maximum atomic E-state index is 12.5. The number of nitrogens with one attached hydrogen (secondary N) is 1. The van der Waals surface area contributed by atoms with Crippen molar-refractivity contribution in [3.63, 3.8) is 0 Å². The second-order valence-corrected chi connectivity index (χ2v) is 10.8. The summed E-state index contributed by atoms with van der Waals surface area (Å²) in [5.41, 5.74) is 2.19. The number of carboxylic acid groups (broad SMARTS) is 1. The second kappa shape index (κ2) is 11.3. The molecule has 2 N–H and O–H groups in total. The van der Waals surface area contributed by atoms with Gasteiger partial charge >= 0.3 is 12.3 Å². The third-order valence-corrected chi connectivity index (χ3v) is 7.89. The molecule has 6 nitrogen and oxygen atoms in total. The average Bonchev–Trinajstić information content (AvgIpc) is 3.01. The third-order valence-electron chi connectivity index (χ3n) is 7.89. The largest absolute Gasteiger partial charge is 0.573 e. The highest BCUT2D eigenvalue weighted by Gasteiger charge is 2.39. The van der Waals surface area contributed by atoms with Crippen LogP contribution >= 0.6 is 0 Å². The summed E-state index contributed by atoms with van der Waals surface area (Å²) in [5.74, 6) is 1.82. The Morgan fingerprint density at radius 1 is 1.13 bits per heavy atom. The Labute approximate surface area is 221 Å². The fraction of sp³-hybridized carbons (Fsp3) is 0.517. The first kappa shape index (κ1) is 27.8. The number of carboxylic acids is 1. The minimum Gasteiger partial charge on any atom is -0.496 e. The SMILES string of the molecule is COc1cc2c(cc1C(=O)O)N=C(Nc1ccc(OC(F)(F)F)cc1)CC[C@@H]2C1C[C@H](C)CC[C@H]1C(C)C. The number of rotatable bonds is 6. The molecule has 4 atom stereocenters. The normalized spacial score (nSPS) is 23.7. The van der Waals surface area contributed by atoms with E-state index in [-0.39, 0.29) is 17.2 Å².